The first kappa shape index (κ1) is 22.0. The van der Waals surface area contributed by atoms with E-state index in [2.05, 4.69) is 34.5 Å². The number of nitrogens with one attached hydrogen (secondary N) is 1. The molecule has 7 nitrogen and oxygen atoms in total. The highest BCUT2D eigenvalue weighted by Crippen LogP contribution is 2.56. The number of ketones is 1. The molecule has 1 saturated carbocycles. The summed E-state index contributed by atoms with van der Waals surface area (Å²) in [5.41, 5.74) is 6.02. The van der Waals surface area contributed by atoms with Crippen molar-refractivity contribution in [3.05, 3.63) is 89.4 Å². The number of carbonyl (C=O) groups excluding carboxylic acids is 1. The van der Waals surface area contributed by atoms with Crippen molar-refractivity contribution in [3.8, 4) is 29.1 Å². The Morgan fingerprint density at radius 2 is 1.89 bits per heavy atom. The van der Waals surface area contributed by atoms with Gasteiger partial charge in [0.1, 0.15) is 5.92 Å². The van der Waals surface area contributed by atoms with Crippen LogP contribution in [0.1, 0.15) is 42.1 Å². The number of rotatable bonds is 3. The van der Waals surface area contributed by atoms with E-state index in [4.69, 9.17) is 10.4 Å². The summed E-state index contributed by atoms with van der Waals surface area (Å²) in [6.45, 7) is 1.98. The number of hydrogen-bond acceptors (Lipinski definition) is 5. The first-order valence-electron chi connectivity index (χ1n) is 12.2. The SMILES string of the molecule is C[C@@H]1C(=O)C(C#N)C[C@@]2(c3ccccc3)c3[nH]nc(-c4cnn(-c5ccc(C#N)cc5)c4)c3CC[C@@H]12. The molecular formula is C29H24N6O. The second-order valence-corrected chi connectivity index (χ2v) is 9.82. The third-order valence-electron chi connectivity index (χ3n) is 8.14. The van der Waals surface area contributed by atoms with Crippen molar-refractivity contribution in [1.82, 2.24) is 20.0 Å². The van der Waals surface area contributed by atoms with E-state index < -0.39 is 11.3 Å². The Morgan fingerprint density at radius 1 is 1.11 bits per heavy atom. The first-order valence-corrected chi connectivity index (χ1v) is 12.2. The summed E-state index contributed by atoms with van der Waals surface area (Å²) in [6, 6.07) is 22.0. The van der Waals surface area contributed by atoms with Crippen LogP contribution in [0.5, 0.6) is 0 Å². The fourth-order valence-electron chi connectivity index (χ4n) is 6.41. The number of fused-ring (bicyclic) bond motifs is 3. The lowest BCUT2D eigenvalue weighted by Crippen LogP contribution is -2.52. The van der Waals surface area contributed by atoms with Crippen LogP contribution in [-0.2, 0) is 16.6 Å². The quantitative estimate of drug-likeness (QED) is 0.463. The molecule has 0 amide bonds. The van der Waals surface area contributed by atoms with Crippen molar-refractivity contribution in [2.45, 2.75) is 31.6 Å². The monoisotopic (exact) mass is 472 g/mol. The van der Waals surface area contributed by atoms with Gasteiger partial charge in [0, 0.05) is 34.4 Å². The Hall–Kier alpha value is -4.49. The standard InChI is InChI=1S/C29H24N6O/c1-18-25-12-11-24-26(21-16-32-35(17-21)23-9-7-19(14-30)8-10-23)33-34-28(24)29(25,13-20(15-31)27(18)36)22-5-3-2-4-6-22/h2-10,16-18,20,25H,11-13H2,1H3,(H,33,34)/t18-,20?,25-,29-/m0/s1. The summed E-state index contributed by atoms with van der Waals surface area (Å²) in [7, 11) is 0. The summed E-state index contributed by atoms with van der Waals surface area (Å²) in [4.78, 5) is 13.0. The number of aromatic amines is 1. The molecule has 0 radical (unpaired) electrons. The molecule has 2 aliphatic carbocycles. The number of carbonyl (C=O) groups is 1. The van der Waals surface area contributed by atoms with Gasteiger partial charge in [-0.3, -0.25) is 9.89 Å². The molecule has 1 fully saturated rings. The molecule has 4 atom stereocenters. The van der Waals surface area contributed by atoms with E-state index in [9.17, 15) is 10.1 Å². The Labute approximate surface area is 209 Å². The third kappa shape index (κ3) is 3.13. The van der Waals surface area contributed by atoms with Gasteiger partial charge in [0.25, 0.3) is 0 Å². The summed E-state index contributed by atoms with van der Waals surface area (Å²) in [5.74, 6) is -0.698. The Kier molecular flexibility index (Phi) is 5.09. The molecule has 4 aromatic rings. The predicted octanol–water partition coefficient (Wildman–Crippen LogP) is 4.73. The normalized spacial score (nSPS) is 24.9. The molecule has 7 heteroatoms. The molecule has 2 aromatic heterocycles. The van der Waals surface area contributed by atoms with E-state index in [0.29, 0.717) is 12.0 Å². The summed E-state index contributed by atoms with van der Waals surface area (Å²) in [5, 5.41) is 31.6. The van der Waals surface area contributed by atoms with Gasteiger partial charge in [0.2, 0.25) is 0 Å². The zero-order valence-electron chi connectivity index (χ0n) is 19.8. The number of aromatic nitrogens is 4. The Bertz CT molecular complexity index is 1540. The van der Waals surface area contributed by atoms with Crippen molar-refractivity contribution in [2.75, 3.05) is 0 Å². The second-order valence-electron chi connectivity index (χ2n) is 9.82. The number of Topliss-reactive ketones (excluding diaryl/α,β-unsaturated/α-hetero) is 1. The predicted molar refractivity (Wildman–Crippen MR) is 133 cm³/mol. The highest BCUT2D eigenvalue weighted by Gasteiger charge is 2.56. The van der Waals surface area contributed by atoms with Gasteiger partial charge < -0.3 is 0 Å². The van der Waals surface area contributed by atoms with E-state index in [1.54, 1.807) is 23.0 Å². The molecule has 0 saturated heterocycles. The Balaban J connectivity index is 1.47. The Morgan fingerprint density at radius 3 is 2.61 bits per heavy atom. The number of benzene rings is 2. The maximum Gasteiger partial charge on any atom is 0.153 e. The van der Waals surface area contributed by atoms with Gasteiger partial charge in [-0.25, -0.2) is 4.68 Å². The molecule has 0 spiro atoms. The highest BCUT2D eigenvalue weighted by atomic mass is 16.1. The van der Waals surface area contributed by atoms with Crippen molar-refractivity contribution < 1.29 is 4.79 Å². The van der Waals surface area contributed by atoms with Crippen LogP contribution in [0.25, 0.3) is 16.9 Å². The van der Waals surface area contributed by atoms with Crippen LogP contribution in [0.4, 0.5) is 0 Å². The van der Waals surface area contributed by atoms with Crippen molar-refractivity contribution in [2.24, 2.45) is 17.8 Å². The van der Waals surface area contributed by atoms with Crippen LogP contribution < -0.4 is 0 Å². The van der Waals surface area contributed by atoms with Crippen LogP contribution >= 0.6 is 0 Å². The van der Waals surface area contributed by atoms with Gasteiger partial charge in [-0.1, -0.05) is 37.3 Å². The van der Waals surface area contributed by atoms with E-state index in [0.717, 1.165) is 46.6 Å². The van der Waals surface area contributed by atoms with E-state index in [1.165, 1.54) is 0 Å². The zero-order chi connectivity index (χ0) is 24.9. The van der Waals surface area contributed by atoms with E-state index >= 15 is 0 Å². The molecule has 2 aliphatic rings. The van der Waals surface area contributed by atoms with Gasteiger partial charge in [-0.05, 0) is 55.0 Å². The van der Waals surface area contributed by atoms with Crippen LogP contribution in [-0.4, -0.2) is 25.8 Å². The molecule has 176 valence electrons. The smallest absolute Gasteiger partial charge is 0.153 e. The van der Waals surface area contributed by atoms with E-state index in [1.807, 2.05) is 43.5 Å². The van der Waals surface area contributed by atoms with Crippen LogP contribution in [0.3, 0.4) is 0 Å². The maximum atomic E-state index is 13.0. The minimum Gasteiger partial charge on any atom is -0.298 e. The van der Waals surface area contributed by atoms with Crippen LogP contribution in [0.2, 0.25) is 0 Å². The average Bonchev–Trinajstić information content (AvgIpc) is 3.59. The number of H-pyrrole nitrogens is 1. The average molecular weight is 473 g/mol. The molecule has 2 heterocycles. The van der Waals surface area contributed by atoms with Gasteiger partial charge in [0.05, 0.1) is 35.3 Å². The maximum absolute atomic E-state index is 13.0. The van der Waals surface area contributed by atoms with Crippen LogP contribution in [0, 0.1) is 40.4 Å². The van der Waals surface area contributed by atoms with Gasteiger partial charge in [-0.15, -0.1) is 0 Å². The number of nitriles is 2. The van der Waals surface area contributed by atoms with Crippen molar-refractivity contribution in [3.63, 3.8) is 0 Å². The lowest BCUT2D eigenvalue weighted by Gasteiger charge is -2.50. The molecule has 0 bridgehead atoms. The zero-order valence-corrected chi connectivity index (χ0v) is 19.8. The summed E-state index contributed by atoms with van der Waals surface area (Å²) >= 11 is 0. The largest absolute Gasteiger partial charge is 0.298 e. The molecule has 1 unspecified atom stereocenters. The van der Waals surface area contributed by atoms with Gasteiger partial charge in [0.15, 0.2) is 5.78 Å². The van der Waals surface area contributed by atoms with Crippen LogP contribution in [0.15, 0.2) is 67.0 Å². The lowest BCUT2D eigenvalue weighted by atomic mass is 9.51. The van der Waals surface area contributed by atoms with E-state index in [-0.39, 0.29) is 17.6 Å². The minimum absolute atomic E-state index is 0.0564. The second kappa shape index (κ2) is 8.32. The van der Waals surface area contributed by atoms with Crippen molar-refractivity contribution >= 4 is 5.78 Å². The minimum atomic E-state index is -0.645. The first-order chi connectivity index (χ1) is 17.6. The molecule has 0 aliphatic heterocycles. The molecule has 6 rings (SSSR count). The highest BCUT2D eigenvalue weighted by molar-refractivity contribution is 5.87. The molecule has 1 N–H and O–H groups in total. The fraction of sp³-hybridized carbons (Fsp3) is 0.276. The lowest BCUT2D eigenvalue weighted by molar-refractivity contribution is -0.131. The molecule has 2 aromatic carbocycles. The van der Waals surface area contributed by atoms with Gasteiger partial charge >= 0.3 is 0 Å². The topological polar surface area (TPSA) is 111 Å². The summed E-state index contributed by atoms with van der Waals surface area (Å²) < 4.78 is 1.78. The summed E-state index contributed by atoms with van der Waals surface area (Å²) in [6.07, 6.45) is 5.87. The third-order valence-corrected chi connectivity index (χ3v) is 8.14. The molecular weight excluding hydrogens is 448 g/mol. The fourth-order valence-corrected chi connectivity index (χ4v) is 6.41. The van der Waals surface area contributed by atoms with Crippen molar-refractivity contribution in [1.29, 1.82) is 10.5 Å². The number of nitrogens with zero attached hydrogens (tertiary/aromatic N) is 5. The molecule has 36 heavy (non-hydrogen) atoms. The number of hydrogen-bond donors (Lipinski definition) is 1. The van der Waals surface area contributed by atoms with Gasteiger partial charge in [-0.2, -0.15) is 20.7 Å².